The van der Waals surface area contributed by atoms with Gasteiger partial charge in [0.1, 0.15) is 17.6 Å². The van der Waals surface area contributed by atoms with Crippen LogP contribution in [0.2, 0.25) is 0 Å². The van der Waals surface area contributed by atoms with Gasteiger partial charge in [0.25, 0.3) is 5.91 Å². The quantitative estimate of drug-likeness (QED) is 0.495. The molecule has 2 amide bonds. The maximum absolute atomic E-state index is 13.2. The average Bonchev–Trinajstić information content (AvgIpc) is 3.20. The molecule has 3 rings (SSSR count). The van der Waals surface area contributed by atoms with Crippen molar-refractivity contribution in [2.24, 2.45) is 10.8 Å². The van der Waals surface area contributed by atoms with E-state index in [2.05, 4.69) is 15.1 Å². The number of carbonyl (C=O) groups is 2. The Kier molecular flexibility index (Phi) is 7.41. The number of carbonyl (C=O) groups excluding carboxylic acids is 2. The number of benzene rings is 2. The maximum atomic E-state index is 13.2. The highest BCUT2D eigenvalue weighted by molar-refractivity contribution is 7.89. The van der Waals surface area contributed by atoms with E-state index < -0.39 is 39.7 Å². The second-order valence-corrected chi connectivity index (χ2v) is 9.16. The van der Waals surface area contributed by atoms with E-state index in [0.29, 0.717) is 11.4 Å². The fourth-order valence-corrected chi connectivity index (χ4v) is 4.47. The van der Waals surface area contributed by atoms with Crippen molar-refractivity contribution in [3.63, 3.8) is 0 Å². The van der Waals surface area contributed by atoms with Gasteiger partial charge in [-0.15, -0.1) is 0 Å². The van der Waals surface area contributed by atoms with Gasteiger partial charge in [-0.25, -0.2) is 17.5 Å². The molecule has 1 aliphatic heterocycles. The molecule has 2 aromatic rings. The van der Waals surface area contributed by atoms with Gasteiger partial charge in [0.15, 0.2) is 0 Å². The second-order valence-electron chi connectivity index (χ2n) is 7.45. The molecule has 2 aromatic carbocycles. The van der Waals surface area contributed by atoms with Crippen LogP contribution >= 0.6 is 0 Å². The first-order chi connectivity index (χ1) is 15.6. The molecule has 0 radical (unpaired) electrons. The van der Waals surface area contributed by atoms with Crippen molar-refractivity contribution in [1.82, 2.24) is 4.72 Å². The second kappa shape index (κ2) is 10.1. The lowest BCUT2D eigenvalue weighted by Crippen LogP contribution is -2.39. The molecule has 176 valence electrons. The molecule has 0 saturated carbocycles. The van der Waals surface area contributed by atoms with Crippen molar-refractivity contribution in [3.8, 4) is 0 Å². The summed E-state index contributed by atoms with van der Waals surface area (Å²) >= 11 is 0. The zero-order valence-corrected chi connectivity index (χ0v) is 18.8. The lowest BCUT2D eigenvalue weighted by molar-refractivity contribution is -0.119. The number of hydrogen-bond donors (Lipinski definition) is 3. The van der Waals surface area contributed by atoms with Crippen LogP contribution < -0.4 is 20.8 Å². The number of sulfonamides is 1. The third-order valence-electron chi connectivity index (χ3n) is 4.79. The topological polar surface area (TPSA) is 143 Å². The van der Waals surface area contributed by atoms with Crippen molar-refractivity contribution in [2.75, 3.05) is 24.0 Å². The third-order valence-corrected chi connectivity index (χ3v) is 6.39. The van der Waals surface area contributed by atoms with Crippen LogP contribution in [0.25, 0.3) is 0 Å². The van der Waals surface area contributed by atoms with Crippen LogP contribution in [-0.4, -0.2) is 51.7 Å². The van der Waals surface area contributed by atoms with Crippen LogP contribution in [0.5, 0.6) is 0 Å². The van der Waals surface area contributed by atoms with Crippen LogP contribution in [-0.2, 0) is 24.3 Å². The Balaban J connectivity index is 1.72. The predicted molar refractivity (Wildman–Crippen MR) is 121 cm³/mol. The fraction of sp³-hybridized carbons (Fsp3) is 0.286. The van der Waals surface area contributed by atoms with Gasteiger partial charge in [-0.05, 0) is 55.5 Å². The summed E-state index contributed by atoms with van der Waals surface area (Å²) in [6, 6.07) is 9.54. The minimum Gasteiger partial charge on any atom is -0.383 e. The third kappa shape index (κ3) is 5.92. The highest BCUT2D eigenvalue weighted by Gasteiger charge is 2.35. The number of primary amides is 1. The number of rotatable bonds is 9. The first-order valence-electron chi connectivity index (χ1n) is 9.95. The van der Waals surface area contributed by atoms with Gasteiger partial charge in [0, 0.05) is 25.3 Å². The number of amides is 2. The monoisotopic (exact) mass is 477 g/mol. The molecule has 33 heavy (non-hydrogen) atoms. The van der Waals surface area contributed by atoms with Gasteiger partial charge in [-0.3, -0.25) is 14.6 Å². The minimum atomic E-state index is -3.75. The number of anilines is 2. The molecule has 0 saturated heterocycles. The molecule has 1 heterocycles. The minimum absolute atomic E-state index is 0.0259. The van der Waals surface area contributed by atoms with Crippen molar-refractivity contribution >= 4 is 38.9 Å². The van der Waals surface area contributed by atoms with Crippen LogP contribution in [0.3, 0.4) is 0 Å². The lowest BCUT2D eigenvalue weighted by atomic mass is 10.1. The van der Waals surface area contributed by atoms with Gasteiger partial charge in [0.05, 0.1) is 17.2 Å². The Morgan fingerprint density at radius 2 is 1.85 bits per heavy atom. The smallest absolute Gasteiger partial charge is 0.271 e. The van der Waals surface area contributed by atoms with E-state index in [1.54, 1.807) is 6.92 Å². The number of nitrogens with zero attached hydrogens (tertiary/aromatic N) is 2. The molecule has 0 aromatic heterocycles. The Morgan fingerprint density at radius 1 is 1.21 bits per heavy atom. The number of hydrazone groups is 1. The van der Waals surface area contributed by atoms with Gasteiger partial charge in [0.2, 0.25) is 15.9 Å². The fourth-order valence-electron chi connectivity index (χ4n) is 3.24. The van der Waals surface area contributed by atoms with Crippen LogP contribution in [0.1, 0.15) is 13.3 Å². The maximum Gasteiger partial charge on any atom is 0.271 e. The normalized spacial score (nSPS) is 16.9. The molecule has 0 bridgehead atoms. The van der Waals surface area contributed by atoms with E-state index in [9.17, 15) is 22.4 Å². The zero-order chi connectivity index (χ0) is 24.2. The molecular formula is C21H24FN5O5S. The summed E-state index contributed by atoms with van der Waals surface area (Å²) in [5.41, 5.74) is 6.25. The lowest BCUT2D eigenvalue weighted by Gasteiger charge is -2.20. The summed E-state index contributed by atoms with van der Waals surface area (Å²) in [4.78, 5) is 24.6. The highest BCUT2D eigenvalue weighted by atomic mass is 32.2. The summed E-state index contributed by atoms with van der Waals surface area (Å²) in [5.74, 6) is -1.71. The van der Waals surface area contributed by atoms with Crippen molar-refractivity contribution in [3.05, 3.63) is 54.3 Å². The molecule has 0 aliphatic carbocycles. The van der Waals surface area contributed by atoms with E-state index in [1.165, 1.54) is 60.6 Å². The number of nitrogens with two attached hydrogens (primary N) is 1. The Hall–Kier alpha value is -3.35. The van der Waals surface area contributed by atoms with E-state index >= 15 is 0 Å². The van der Waals surface area contributed by atoms with Crippen LogP contribution in [0, 0.1) is 5.82 Å². The summed E-state index contributed by atoms with van der Waals surface area (Å²) in [6.45, 7) is 1.89. The van der Waals surface area contributed by atoms with Gasteiger partial charge >= 0.3 is 0 Å². The Labute approximate surface area is 190 Å². The largest absolute Gasteiger partial charge is 0.383 e. The van der Waals surface area contributed by atoms with Crippen LogP contribution in [0.15, 0.2) is 58.5 Å². The average molecular weight is 478 g/mol. The number of halogens is 1. The summed E-state index contributed by atoms with van der Waals surface area (Å²) in [5, 5.41) is 8.09. The molecule has 12 heteroatoms. The van der Waals surface area contributed by atoms with Gasteiger partial charge in [-0.1, -0.05) is 0 Å². The number of methoxy groups -OCH3 is 1. The van der Waals surface area contributed by atoms with Crippen molar-refractivity contribution in [2.45, 2.75) is 30.3 Å². The first-order valence-corrected chi connectivity index (χ1v) is 11.4. The van der Waals surface area contributed by atoms with E-state index in [4.69, 9.17) is 10.5 Å². The van der Waals surface area contributed by atoms with Crippen LogP contribution in [0.4, 0.5) is 15.8 Å². The molecule has 10 nitrogen and oxygen atoms in total. The van der Waals surface area contributed by atoms with E-state index in [1.807, 2.05) is 0 Å². The summed E-state index contributed by atoms with van der Waals surface area (Å²) < 4.78 is 45.4. The highest BCUT2D eigenvalue weighted by Crippen LogP contribution is 2.25. The number of hydrogen-bond acceptors (Lipinski definition) is 7. The Bertz CT molecular complexity index is 1150. The molecule has 1 aliphatic rings. The van der Waals surface area contributed by atoms with Crippen molar-refractivity contribution < 1.29 is 27.1 Å². The van der Waals surface area contributed by atoms with Gasteiger partial charge < -0.3 is 15.8 Å². The van der Waals surface area contributed by atoms with E-state index in [0.717, 1.165) is 0 Å². The summed E-state index contributed by atoms with van der Waals surface area (Å²) in [6.07, 6.45) is -0.0354. The molecule has 0 fully saturated rings. The van der Waals surface area contributed by atoms with E-state index in [-0.39, 0.29) is 23.6 Å². The number of ether oxygens (including phenoxy) is 1. The number of nitrogens with one attached hydrogen (secondary N) is 2. The Morgan fingerprint density at radius 3 is 2.42 bits per heavy atom. The zero-order valence-electron chi connectivity index (χ0n) is 18.0. The molecule has 2 unspecified atom stereocenters. The molecule has 4 N–H and O–H groups in total. The molecule has 0 spiro atoms. The van der Waals surface area contributed by atoms with Gasteiger partial charge in [-0.2, -0.15) is 5.10 Å². The standard InChI is InChI=1S/C21H24FN5O5S/c1-13(12-32-2)26-33(30,31)17-9-5-15(6-10-17)24-21(29)18-11-19(20(23)28)27(25-18)16-7-3-14(22)4-8-16/h3-10,13,19,26H,11-12H2,1-2H3,(H2,23,28)(H,24,29). The summed E-state index contributed by atoms with van der Waals surface area (Å²) in [7, 11) is -2.28. The molecule has 2 atom stereocenters. The molecular weight excluding hydrogens is 453 g/mol. The first kappa shape index (κ1) is 24.3. The SMILES string of the molecule is COCC(C)NS(=O)(=O)c1ccc(NC(=O)C2=NN(c3ccc(F)cc3)C(C(N)=O)C2)cc1. The predicted octanol–water partition coefficient (Wildman–Crippen LogP) is 1.20. The van der Waals surface area contributed by atoms with Crippen molar-refractivity contribution in [1.29, 1.82) is 0 Å².